The van der Waals surface area contributed by atoms with Crippen molar-refractivity contribution in [3.8, 4) is 0 Å². The molecule has 0 spiro atoms. The molecule has 1 fully saturated rings. The van der Waals surface area contributed by atoms with Crippen LogP contribution in [-0.4, -0.2) is 32.3 Å². The van der Waals surface area contributed by atoms with Gasteiger partial charge in [-0.1, -0.05) is 29.8 Å². The molecule has 0 saturated heterocycles. The van der Waals surface area contributed by atoms with Crippen molar-refractivity contribution in [1.29, 1.82) is 0 Å². The molecule has 4 nitrogen and oxygen atoms in total. The molecule has 0 radical (unpaired) electrons. The van der Waals surface area contributed by atoms with E-state index in [-0.39, 0.29) is 35.4 Å². The van der Waals surface area contributed by atoms with E-state index in [0.717, 1.165) is 17.9 Å². The molecule has 6 heteroatoms. The van der Waals surface area contributed by atoms with Gasteiger partial charge in [0.1, 0.15) is 0 Å². The molecule has 1 unspecified atom stereocenters. The molecule has 0 heterocycles. The number of methoxy groups -OCH3 is 1. The fourth-order valence-corrected chi connectivity index (χ4v) is 2.72. The van der Waals surface area contributed by atoms with Crippen LogP contribution in [0.4, 0.5) is 0 Å². The van der Waals surface area contributed by atoms with Gasteiger partial charge in [-0.05, 0) is 31.4 Å². The van der Waals surface area contributed by atoms with Crippen molar-refractivity contribution in [2.45, 2.75) is 31.2 Å². The van der Waals surface area contributed by atoms with Crippen LogP contribution in [0.1, 0.15) is 25.3 Å². The zero-order chi connectivity index (χ0) is 14.6. The first-order chi connectivity index (χ1) is 9.57. The van der Waals surface area contributed by atoms with Gasteiger partial charge in [-0.3, -0.25) is 4.99 Å². The first kappa shape index (κ1) is 18.5. The van der Waals surface area contributed by atoms with Crippen LogP contribution in [0, 0.1) is 0 Å². The lowest BCUT2D eigenvalue weighted by atomic mass is 9.96. The van der Waals surface area contributed by atoms with Crippen LogP contribution in [0.5, 0.6) is 0 Å². The highest BCUT2D eigenvalue weighted by atomic mass is 127. The molecular weight excluding hydrogens is 401 g/mol. The number of guanidine groups is 1. The maximum atomic E-state index is 6.28. The predicted octanol–water partition coefficient (Wildman–Crippen LogP) is 2.93. The average molecular weight is 424 g/mol. The van der Waals surface area contributed by atoms with Gasteiger partial charge in [0.25, 0.3) is 0 Å². The molecule has 1 aromatic carbocycles. The van der Waals surface area contributed by atoms with Gasteiger partial charge in [-0.15, -0.1) is 24.0 Å². The van der Waals surface area contributed by atoms with E-state index in [0.29, 0.717) is 19.1 Å². The van der Waals surface area contributed by atoms with Crippen molar-refractivity contribution in [3.05, 3.63) is 34.9 Å². The van der Waals surface area contributed by atoms with E-state index in [2.05, 4.69) is 16.4 Å². The smallest absolute Gasteiger partial charge is 0.188 e. The number of ether oxygens (including phenoxy) is 1. The molecule has 0 aromatic heterocycles. The fourth-order valence-electron chi connectivity index (χ4n) is 2.38. The number of benzene rings is 1. The lowest BCUT2D eigenvalue weighted by molar-refractivity contribution is 0.179. The number of nitrogens with two attached hydrogens (primary N) is 1. The predicted molar refractivity (Wildman–Crippen MR) is 98.7 cm³/mol. The third-order valence-electron chi connectivity index (χ3n) is 3.66. The number of hydrogen-bond acceptors (Lipinski definition) is 2. The molecule has 1 aliphatic rings. The van der Waals surface area contributed by atoms with Crippen LogP contribution in [-0.2, 0) is 10.2 Å². The highest BCUT2D eigenvalue weighted by molar-refractivity contribution is 14.0. The Kier molecular flexibility index (Phi) is 7.23. The molecular formula is C15H23ClIN3O. The highest BCUT2D eigenvalue weighted by Crippen LogP contribution is 2.50. The summed E-state index contributed by atoms with van der Waals surface area (Å²) in [5, 5.41) is 3.94. The van der Waals surface area contributed by atoms with Crippen LogP contribution in [0.3, 0.4) is 0 Å². The number of halogens is 2. The van der Waals surface area contributed by atoms with Gasteiger partial charge in [-0.2, -0.15) is 0 Å². The zero-order valence-corrected chi connectivity index (χ0v) is 15.5. The Balaban J connectivity index is 0.00000220. The van der Waals surface area contributed by atoms with E-state index in [1.807, 2.05) is 25.1 Å². The first-order valence-electron chi connectivity index (χ1n) is 6.88. The summed E-state index contributed by atoms with van der Waals surface area (Å²) in [5.41, 5.74) is 7.17. The van der Waals surface area contributed by atoms with Crippen LogP contribution in [0.15, 0.2) is 29.3 Å². The van der Waals surface area contributed by atoms with Gasteiger partial charge in [-0.25, -0.2) is 0 Å². The van der Waals surface area contributed by atoms with Crippen LogP contribution < -0.4 is 11.1 Å². The number of aliphatic imine (C=N–C) groups is 1. The van der Waals surface area contributed by atoms with Crippen LogP contribution in [0.25, 0.3) is 0 Å². The Labute approximate surface area is 148 Å². The van der Waals surface area contributed by atoms with Gasteiger partial charge < -0.3 is 15.8 Å². The van der Waals surface area contributed by atoms with Gasteiger partial charge in [0.05, 0.1) is 13.2 Å². The SMILES string of the molecule is COCC(C)NC(N)=NCC1(c2ccccc2Cl)CC1.I. The lowest BCUT2D eigenvalue weighted by Crippen LogP contribution is -2.41. The van der Waals surface area contributed by atoms with Crippen LogP contribution in [0.2, 0.25) is 5.02 Å². The lowest BCUT2D eigenvalue weighted by Gasteiger charge is -2.17. The Hall–Kier alpha value is -0.530. The summed E-state index contributed by atoms with van der Waals surface area (Å²) in [5.74, 6) is 0.466. The molecule has 1 aromatic rings. The molecule has 1 atom stereocenters. The van der Waals surface area contributed by atoms with Gasteiger partial charge in [0.2, 0.25) is 0 Å². The van der Waals surface area contributed by atoms with Gasteiger partial charge in [0, 0.05) is 23.6 Å². The molecule has 1 saturated carbocycles. The van der Waals surface area contributed by atoms with E-state index in [1.54, 1.807) is 7.11 Å². The molecule has 1 aliphatic carbocycles. The molecule has 21 heavy (non-hydrogen) atoms. The highest BCUT2D eigenvalue weighted by Gasteiger charge is 2.45. The third-order valence-corrected chi connectivity index (χ3v) is 3.99. The largest absolute Gasteiger partial charge is 0.383 e. The fraction of sp³-hybridized carbons (Fsp3) is 0.533. The number of nitrogens with one attached hydrogen (secondary N) is 1. The summed E-state index contributed by atoms with van der Waals surface area (Å²) >= 11 is 6.28. The summed E-state index contributed by atoms with van der Waals surface area (Å²) in [4.78, 5) is 4.47. The van der Waals surface area contributed by atoms with Crippen molar-refractivity contribution in [1.82, 2.24) is 5.32 Å². The average Bonchev–Trinajstić information content (AvgIpc) is 3.18. The molecule has 0 bridgehead atoms. The van der Waals surface area contributed by atoms with E-state index in [1.165, 1.54) is 5.56 Å². The van der Waals surface area contributed by atoms with Crippen molar-refractivity contribution in [2.75, 3.05) is 20.3 Å². The molecule has 0 amide bonds. The first-order valence-corrected chi connectivity index (χ1v) is 7.25. The van der Waals surface area contributed by atoms with Crippen molar-refractivity contribution < 1.29 is 4.74 Å². The topological polar surface area (TPSA) is 59.6 Å². The van der Waals surface area contributed by atoms with E-state index >= 15 is 0 Å². The third kappa shape index (κ3) is 5.00. The minimum Gasteiger partial charge on any atom is -0.383 e. The second-order valence-corrected chi connectivity index (χ2v) is 5.87. The maximum Gasteiger partial charge on any atom is 0.188 e. The Morgan fingerprint density at radius 1 is 1.48 bits per heavy atom. The molecule has 3 N–H and O–H groups in total. The summed E-state index contributed by atoms with van der Waals surface area (Å²) in [6, 6.07) is 8.14. The van der Waals surface area contributed by atoms with Crippen LogP contribution >= 0.6 is 35.6 Å². The number of hydrogen-bond donors (Lipinski definition) is 2. The Morgan fingerprint density at radius 2 is 2.14 bits per heavy atom. The van der Waals surface area contributed by atoms with Gasteiger partial charge in [0.15, 0.2) is 5.96 Å². The molecule has 118 valence electrons. The normalized spacial score (nSPS) is 17.8. The van der Waals surface area contributed by atoms with E-state index in [4.69, 9.17) is 22.1 Å². The minimum absolute atomic E-state index is 0. The second kappa shape index (κ2) is 8.19. The molecule has 0 aliphatic heterocycles. The Bertz CT molecular complexity index is 492. The summed E-state index contributed by atoms with van der Waals surface area (Å²) in [6.07, 6.45) is 2.22. The maximum absolute atomic E-state index is 6.28. The monoisotopic (exact) mass is 423 g/mol. The summed E-state index contributed by atoms with van der Waals surface area (Å²) in [6.45, 7) is 3.29. The standard InChI is InChI=1S/C15H22ClN3O.HI/c1-11(9-20-2)19-14(17)18-10-15(7-8-15)12-5-3-4-6-13(12)16;/h3-6,11H,7-10H2,1-2H3,(H3,17,18,19);1H. The quantitative estimate of drug-likeness (QED) is 0.420. The summed E-state index contributed by atoms with van der Waals surface area (Å²) < 4.78 is 5.06. The number of rotatable bonds is 6. The summed E-state index contributed by atoms with van der Waals surface area (Å²) in [7, 11) is 1.67. The van der Waals surface area contributed by atoms with E-state index in [9.17, 15) is 0 Å². The minimum atomic E-state index is 0. The zero-order valence-electron chi connectivity index (χ0n) is 12.4. The Morgan fingerprint density at radius 3 is 2.71 bits per heavy atom. The van der Waals surface area contributed by atoms with Crippen molar-refractivity contribution in [3.63, 3.8) is 0 Å². The van der Waals surface area contributed by atoms with Crippen molar-refractivity contribution in [2.24, 2.45) is 10.7 Å². The van der Waals surface area contributed by atoms with Crippen molar-refractivity contribution >= 4 is 41.5 Å². The van der Waals surface area contributed by atoms with E-state index < -0.39 is 0 Å². The molecule has 2 rings (SSSR count). The second-order valence-electron chi connectivity index (χ2n) is 5.46. The van der Waals surface area contributed by atoms with Gasteiger partial charge >= 0.3 is 0 Å². The number of nitrogens with zero attached hydrogens (tertiary/aromatic N) is 1.